The molecule has 0 amide bonds. The molecule has 0 bridgehead atoms. The quantitative estimate of drug-likeness (QED) is 0.778. The maximum Gasteiger partial charge on any atom is 0.281 e. The predicted octanol–water partition coefficient (Wildman–Crippen LogP) is 1.84. The molecular formula is C16H15O4-. The maximum absolute atomic E-state index is 11.1. The Bertz CT molecular complexity index is 525. The van der Waals surface area contributed by atoms with Gasteiger partial charge in [-0.1, -0.05) is 35.4 Å². The average Bonchev–Trinajstić information content (AvgIpc) is 2.42. The molecule has 0 saturated heterocycles. The van der Waals surface area contributed by atoms with E-state index in [2.05, 4.69) is 0 Å². The van der Waals surface area contributed by atoms with Gasteiger partial charge in [-0.2, -0.15) is 0 Å². The third-order valence-corrected chi connectivity index (χ3v) is 2.72. The smallest absolute Gasteiger partial charge is 0.281 e. The molecule has 2 aromatic rings. The first-order valence-corrected chi connectivity index (χ1v) is 6.22. The van der Waals surface area contributed by atoms with E-state index in [1.54, 1.807) is 24.3 Å². The summed E-state index contributed by atoms with van der Waals surface area (Å²) in [6.45, 7) is 3.87. The number of hydrogen-bond acceptors (Lipinski definition) is 4. The number of hydrogen-bond donors (Lipinski definition) is 0. The number of carbonyl (C=O) groups excluding carboxylic acids is 1. The van der Waals surface area contributed by atoms with Crippen molar-refractivity contribution in [3.63, 3.8) is 0 Å². The Kier molecular flexibility index (Phi) is 4.25. The Hall–Kier alpha value is -2.49. The molecular weight excluding hydrogens is 256 g/mol. The van der Waals surface area contributed by atoms with E-state index in [1.807, 2.05) is 38.1 Å². The van der Waals surface area contributed by atoms with E-state index in [0.29, 0.717) is 11.5 Å². The highest BCUT2D eigenvalue weighted by atomic mass is 16.7. The molecule has 0 aliphatic rings. The number of benzene rings is 2. The molecule has 0 N–H and O–H groups in total. The monoisotopic (exact) mass is 271 g/mol. The topological polar surface area (TPSA) is 58.6 Å². The summed E-state index contributed by atoms with van der Waals surface area (Å²) in [6, 6.07) is 14.0. The largest absolute Gasteiger partial charge is 0.543 e. The molecule has 4 nitrogen and oxygen atoms in total. The lowest BCUT2D eigenvalue weighted by Gasteiger charge is -2.21. The van der Waals surface area contributed by atoms with Crippen molar-refractivity contribution in [1.82, 2.24) is 0 Å². The van der Waals surface area contributed by atoms with Crippen LogP contribution in [-0.4, -0.2) is 12.3 Å². The molecule has 0 radical (unpaired) electrons. The summed E-state index contributed by atoms with van der Waals surface area (Å²) in [7, 11) is 0. The van der Waals surface area contributed by atoms with Crippen molar-refractivity contribution in [3.8, 4) is 11.5 Å². The lowest BCUT2D eigenvalue weighted by atomic mass is 10.2. The molecule has 0 saturated carbocycles. The van der Waals surface area contributed by atoms with Crippen LogP contribution in [0.3, 0.4) is 0 Å². The Morgan fingerprint density at radius 2 is 1.20 bits per heavy atom. The molecule has 104 valence electrons. The molecule has 2 aromatic carbocycles. The highest BCUT2D eigenvalue weighted by molar-refractivity contribution is 5.69. The van der Waals surface area contributed by atoms with Gasteiger partial charge in [0.05, 0.1) is 0 Å². The second kappa shape index (κ2) is 6.10. The third kappa shape index (κ3) is 3.75. The number of aryl methyl sites for hydroxylation is 2. The Morgan fingerprint density at radius 1 is 0.850 bits per heavy atom. The second-order valence-corrected chi connectivity index (χ2v) is 4.51. The van der Waals surface area contributed by atoms with Crippen LogP contribution in [0.25, 0.3) is 0 Å². The molecule has 0 spiro atoms. The standard InChI is InChI=1S/C16H16O4/c1-11-3-7-13(8-4-11)19-16(15(17)18)20-14-9-5-12(2)6-10-14/h3-10,16H,1-2H3,(H,17,18)/p-1. The van der Waals surface area contributed by atoms with Crippen LogP contribution >= 0.6 is 0 Å². The summed E-state index contributed by atoms with van der Waals surface area (Å²) < 4.78 is 10.6. The van der Waals surface area contributed by atoms with Crippen molar-refractivity contribution < 1.29 is 19.4 Å². The van der Waals surface area contributed by atoms with Crippen molar-refractivity contribution >= 4 is 5.97 Å². The summed E-state index contributed by atoms with van der Waals surface area (Å²) in [5.74, 6) is -0.597. The number of aliphatic carboxylic acids is 1. The fourth-order valence-corrected chi connectivity index (χ4v) is 1.60. The first-order valence-electron chi connectivity index (χ1n) is 6.22. The highest BCUT2D eigenvalue weighted by Gasteiger charge is 2.13. The fourth-order valence-electron chi connectivity index (χ4n) is 1.60. The number of carbonyl (C=O) groups is 1. The molecule has 20 heavy (non-hydrogen) atoms. The minimum absolute atomic E-state index is 0.414. The van der Waals surface area contributed by atoms with Crippen LogP contribution in [-0.2, 0) is 4.79 Å². The summed E-state index contributed by atoms with van der Waals surface area (Å²) in [4.78, 5) is 11.1. The number of ether oxygens (including phenoxy) is 2. The summed E-state index contributed by atoms with van der Waals surface area (Å²) in [5.41, 5.74) is 2.11. The van der Waals surface area contributed by atoms with E-state index < -0.39 is 12.3 Å². The average molecular weight is 271 g/mol. The van der Waals surface area contributed by atoms with Gasteiger partial charge in [-0.3, -0.25) is 0 Å². The van der Waals surface area contributed by atoms with E-state index in [-0.39, 0.29) is 0 Å². The minimum atomic E-state index is -1.49. The maximum atomic E-state index is 11.1. The molecule has 0 atom stereocenters. The van der Waals surface area contributed by atoms with Gasteiger partial charge in [0.25, 0.3) is 6.29 Å². The van der Waals surface area contributed by atoms with Crippen LogP contribution in [0.2, 0.25) is 0 Å². The zero-order valence-corrected chi connectivity index (χ0v) is 11.3. The number of rotatable bonds is 5. The van der Waals surface area contributed by atoms with Crippen LogP contribution in [0.5, 0.6) is 11.5 Å². The molecule has 0 heterocycles. The molecule has 0 aliphatic carbocycles. The van der Waals surface area contributed by atoms with Crippen LogP contribution in [0, 0.1) is 13.8 Å². The van der Waals surface area contributed by atoms with Crippen molar-refractivity contribution in [2.75, 3.05) is 0 Å². The summed E-state index contributed by atoms with van der Waals surface area (Å²) in [5, 5.41) is 11.1. The predicted molar refractivity (Wildman–Crippen MR) is 72.4 cm³/mol. The Morgan fingerprint density at radius 3 is 1.50 bits per heavy atom. The van der Waals surface area contributed by atoms with Gasteiger partial charge in [-0.05, 0) is 38.1 Å². The summed E-state index contributed by atoms with van der Waals surface area (Å²) in [6.07, 6.45) is -1.49. The van der Waals surface area contributed by atoms with Gasteiger partial charge in [0, 0.05) is 0 Å². The Balaban J connectivity index is 2.09. The third-order valence-electron chi connectivity index (χ3n) is 2.72. The first kappa shape index (κ1) is 13.9. The van der Waals surface area contributed by atoms with E-state index in [0.717, 1.165) is 11.1 Å². The lowest BCUT2D eigenvalue weighted by molar-refractivity contribution is -0.323. The lowest BCUT2D eigenvalue weighted by Crippen LogP contribution is -2.43. The zero-order chi connectivity index (χ0) is 14.5. The highest BCUT2D eigenvalue weighted by Crippen LogP contribution is 2.17. The SMILES string of the molecule is Cc1ccc(OC(Oc2ccc(C)cc2)C(=O)[O-])cc1. The molecule has 0 aliphatic heterocycles. The van der Waals surface area contributed by atoms with Crippen molar-refractivity contribution in [2.24, 2.45) is 0 Å². The van der Waals surface area contributed by atoms with E-state index >= 15 is 0 Å². The van der Waals surface area contributed by atoms with Crippen molar-refractivity contribution in [2.45, 2.75) is 20.1 Å². The number of carboxylic acids is 1. The van der Waals surface area contributed by atoms with Crippen LogP contribution in [0.1, 0.15) is 11.1 Å². The van der Waals surface area contributed by atoms with E-state index in [9.17, 15) is 9.90 Å². The van der Waals surface area contributed by atoms with Gasteiger partial charge >= 0.3 is 0 Å². The fraction of sp³-hybridized carbons (Fsp3) is 0.188. The molecule has 4 heteroatoms. The Labute approximate surface area is 117 Å². The first-order chi connectivity index (χ1) is 9.54. The van der Waals surface area contributed by atoms with Gasteiger partial charge in [0.15, 0.2) is 0 Å². The van der Waals surface area contributed by atoms with Crippen molar-refractivity contribution in [3.05, 3.63) is 59.7 Å². The van der Waals surface area contributed by atoms with Crippen molar-refractivity contribution in [1.29, 1.82) is 0 Å². The zero-order valence-electron chi connectivity index (χ0n) is 11.3. The second-order valence-electron chi connectivity index (χ2n) is 4.51. The number of carboxylic acid groups (broad SMARTS) is 1. The van der Waals surface area contributed by atoms with Gasteiger partial charge in [-0.15, -0.1) is 0 Å². The van der Waals surface area contributed by atoms with Crippen LogP contribution in [0.15, 0.2) is 48.5 Å². The minimum Gasteiger partial charge on any atom is -0.543 e. The summed E-state index contributed by atoms with van der Waals surface area (Å²) >= 11 is 0. The van der Waals surface area contributed by atoms with Gasteiger partial charge in [-0.25, -0.2) is 0 Å². The van der Waals surface area contributed by atoms with Gasteiger partial charge < -0.3 is 19.4 Å². The van der Waals surface area contributed by atoms with Gasteiger partial charge in [0.1, 0.15) is 17.5 Å². The van der Waals surface area contributed by atoms with E-state index in [1.165, 1.54) is 0 Å². The molecule has 0 fully saturated rings. The molecule has 0 unspecified atom stereocenters. The van der Waals surface area contributed by atoms with Crippen LogP contribution < -0.4 is 14.6 Å². The van der Waals surface area contributed by atoms with E-state index in [4.69, 9.17) is 9.47 Å². The molecule has 2 rings (SSSR count). The van der Waals surface area contributed by atoms with Gasteiger partial charge in [0.2, 0.25) is 0 Å². The normalized spacial score (nSPS) is 10.3. The molecule has 0 aromatic heterocycles. The van der Waals surface area contributed by atoms with Crippen LogP contribution in [0.4, 0.5) is 0 Å².